The Bertz CT molecular complexity index is 251. The molecule has 0 aromatic heterocycles. The van der Waals surface area contributed by atoms with Crippen LogP contribution in [0.2, 0.25) is 0 Å². The van der Waals surface area contributed by atoms with Gasteiger partial charge in [-0.05, 0) is 24.5 Å². The highest BCUT2D eigenvalue weighted by molar-refractivity contribution is 5.37. The number of hydrogen-bond donors (Lipinski definition) is 1. The van der Waals surface area contributed by atoms with E-state index in [9.17, 15) is 5.11 Å². The van der Waals surface area contributed by atoms with Gasteiger partial charge in [0.05, 0.1) is 0 Å². The first kappa shape index (κ1) is 12.0. The predicted octanol–water partition coefficient (Wildman–Crippen LogP) is 3.85. The van der Waals surface area contributed by atoms with Crippen LogP contribution in [0.25, 0.3) is 0 Å². The van der Waals surface area contributed by atoms with Crippen molar-refractivity contribution < 1.29 is 5.11 Å². The standard InChI is InChI=1S/C10H14O.C2H6/c1-7(2)9-6-8(3)4-5-10(9)11;1-2/h4-7,11H,1-3H3;1-2H3. The molecular formula is C12H20O. The molecule has 0 saturated heterocycles. The Morgan fingerprint density at radius 1 is 1.15 bits per heavy atom. The maximum atomic E-state index is 9.41. The smallest absolute Gasteiger partial charge is 0.119 e. The molecule has 1 rings (SSSR count). The summed E-state index contributed by atoms with van der Waals surface area (Å²) in [5, 5.41) is 9.41. The normalized spacial score (nSPS) is 9.38. The number of benzene rings is 1. The van der Waals surface area contributed by atoms with Gasteiger partial charge in [0.2, 0.25) is 0 Å². The highest BCUT2D eigenvalue weighted by Gasteiger charge is 2.04. The van der Waals surface area contributed by atoms with E-state index < -0.39 is 0 Å². The van der Waals surface area contributed by atoms with E-state index in [1.165, 1.54) is 5.56 Å². The zero-order chi connectivity index (χ0) is 10.4. The summed E-state index contributed by atoms with van der Waals surface area (Å²) in [6.45, 7) is 10.2. The van der Waals surface area contributed by atoms with E-state index in [1.54, 1.807) is 6.07 Å². The summed E-state index contributed by atoms with van der Waals surface area (Å²) >= 11 is 0. The van der Waals surface area contributed by atoms with Crippen molar-refractivity contribution in [3.8, 4) is 5.75 Å². The van der Waals surface area contributed by atoms with Crippen LogP contribution in [-0.4, -0.2) is 5.11 Å². The van der Waals surface area contributed by atoms with Crippen molar-refractivity contribution in [2.75, 3.05) is 0 Å². The molecule has 0 heterocycles. The fraction of sp³-hybridized carbons (Fsp3) is 0.500. The van der Waals surface area contributed by atoms with E-state index in [-0.39, 0.29) is 0 Å². The lowest BCUT2D eigenvalue weighted by Crippen LogP contribution is -1.88. The lowest BCUT2D eigenvalue weighted by Gasteiger charge is -2.08. The lowest BCUT2D eigenvalue weighted by atomic mass is 10.0. The Labute approximate surface area is 81.4 Å². The molecule has 0 spiro atoms. The van der Waals surface area contributed by atoms with Gasteiger partial charge in [-0.3, -0.25) is 0 Å². The second kappa shape index (κ2) is 5.63. The van der Waals surface area contributed by atoms with Crippen LogP contribution < -0.4 is 0 Å². The topological polar surface area (TPSA) is 20.2 Å². The second-order valence-corrected chi connectivity index (χ2v) is 3.22. The summed E-state index contributed by atoms with van der Waals surface area (Å²) in [5.74, 6) is 0.806. The van der Waals surface area contributed by atoms with Crippen LogP contribution >= 0.6 is 0 Å². The SMILES string of the molecule is CC.Cc1ccc(O)c(C(C)C)c1. The van der Waals surface area contributed by atoms with E-state index in [0.29, 0.717) is 11.7 Å². The highest BCUT2D eigenvalue weighted by atomic mass is 16.3. The predicted molar refractivity (Wildman–Crippen MR) is 58.3 cm³/mol. The molecule has 0 radical (unpaired) electrons. The number of rotatable bonds is 1. The van der Waals surface area contributed by atoms with Gasteiger partial charge in [-0.1, -0.05) is 45.4 Å². The molecule has 0 atom stereocenters. The van der Waals surface area contributed by atoms with Crippen LogP contribution in [0.4, 0.5) is 0 Å². The summed E-state index contributed by atoms with van der Waals surface area (Å²) < 4.78 is 0. The summed E-state index contributed by atoms with van der Waals surface area (Å²) in [6, 6.07) is 5.70. The number of hydrogen-bond acceptors (Lipinski definition) is 1. The van der Waals surface area contributed by atoms with Crippen LogP contribution in [-0.2, 0) is 0 Å². The van der Waals surface area contributed by atoms with E-state index in [4.69, 9.17) is 0 Å². The highest BCUT2D eigenvalue weighted by Crippen LogP contribution is 2.25. The van der Waals surface area contributed by atoms with Gasteiger partial charge in [0, 0.05) is 0 Å². The monoisotopic (exact) mass is 180 g/mol. The third-order valence-electron chi connectivity index (χ3n) is 1.81. The molecule has 1 nitrogen and oxygen atoms in total. The van der Waals surface area contributed by atoms with Gasteiger partial charge in [-0.25, -0.2) is 0 Å². The second-order valence-electron chi connectivity index (χ2n) is 3.22. The molecule has 0 aliphatic carbocycles. The minimum Gasteiger partial charge on any atom is -0.508 e. The first-order chi connectivity index (χ1) is 6.11. The van der Waals surface area contributed by atoms with Crippen LogP contribution in [0.1, 0.15) is 44.7 Å². The maximum Gasteiger partial charge on any atom is 0.119 e. The summed E-state index contributed by atoms with van der Waals surface area (Å²) in [5.41, 5.74) is 2.23. The molecule has 0 unspecified atom stereocenters. The molecule has 0 fully saturated rings. The molecule has 13 heavy (non-hydrogen) atoms. The van der Waals surface area contributed by atoms with Gasteiger partial charge in [0.15, 0.2) is 0 Å². The molecular weight excluding hydrogens is 160 g/mol. The Hall–Kier alpha value is -0.980. The summed E-state index contributed by atoms with van der Waals surface area (Å²) in [4.78, 5) is 0. The molecule has 74 valence electrons. The van der Waals surface area contributed by atoms with Crippen molar-refractivity contribution in [1.82, 2.24) is 0 Å². The van der Waals surface area contributed by atoms with Gasteiger partial charge in [0.25, 0.3) is 0 Å². The van der Waals surface area contributed by atoms with E-state index in [0.717, 1.165) is 5.56 Å². The molecule has 0 saturated carbocycles. The van der Waals surface area contributed by atoms with E-state index >= 15 is 0 Å². The van der Waals surface area contributed by atoms with Crippen molar-refractivity contribution in [2.45, 2.75) is 40.5 Å². The van der Waals surface area contributed by atoms with Crippen molar-refractivity contribution >= 4 is 0 Å². The van der Waals surface area contributed by atoms with Crippen LogP contribution in [0.15, 0.2) is 18.2 Å². The van der Waals surface area contributed by atoms with Gasteiger partial charge in [-0.2, -0.15) is 0 Å². The molecule has 0 aliphatic rings. The van der Waals surface area contributed by atoms with Crippen molar-refractivity contribution in [2.24, 2.45) is 0 Å². The van der Waals surface area contributed by atoms with Gasteiger partial charge < -0.3 is 5.11 Å². The van der Waals surface area contributed by atoms with E-state index in [1.807, 2.05) is 32.9 Å². The minimum absolute atomic E-state index is 0.398. The zero-order valence-electron chi connectivity index (χ0n) is 9.26. The summed E-state index contributed by atoms with van der Waals surface area (Å²) in [7, 11) is 0. The number of phenols is 1. The average molecular weight is 180 g/mol. The Balaban J connectivity index is 0.000000671. The molecule has 1 aromatic carbocycles. The zero-order valence-corrected chi connectivity index (χ0v) is 9.26. The minimum atomic E-state index is 0.398. The van der Waals surface area contributed by atoms with Crippen molar-refractivity contribution in [3.63, 3.8) is 0 Å². The Morgan fingerprint density at radius 3 is 2.08 bits per heavy atom. The number of phenolic OH excluding ortho intramolecular Hbond substituents is 1. The van der Waals surface area contributed by atoms with Crippen molar-refractivity contribution in [1.29, 1.82) is 0 Å². The first-order valence-corrected chi connectivity index (χ1v) is 4.91. The summed E-state index contributed by atoms with van der Waals surface area (Å²) in [6.07, 6.45) is 0. The maximum absolute atomic E-state index is 9.41. The van der Waals surface area contributed by atoms with Crippen LogP contribution in [0.3, 0.4) is 0 Å². The molecule has 0 bridgehead atoms. The largest absolute Gasteiger partial charge is 0.508 e. The molecule has 0 aliphatic heterocycles. The number of aryl methyl sites for hydroxylation is 1. The average Bonchev–Trinajstić information content (AvgIpc) is 2.12. The Kier molecular flexibility index (Phi) is 5.20. The quantitative estimate of drug-likeness (QED) is 0.696. The Morgan fingerprint density at radius 2 is 1.69 bits per heavy atom. The van der Waals surface area contributed by atoms with Crippen molar-refractivity contribution in [3.05, 3.63) is 29.3 Å². The van der Waals surface area contributed by atoms with Crippen LogP contribution in [0, 0.1) is 6.92 Å². The third kappa shape index (κ3) is 3.49. The molecule has 1 aromatic rings. The van der Waals surface area contributed by atoms with Gasteiger partial charge >= 0.3 is 0 Å². The number of aromatic hydroxyl groups is 1. The fourth-order valence-corrected chi connectivity index (χ4v) is 1.14. The molecule has 0 amide bonds. The first-order valence-electron chi connectivity index (χ1n) is 4.91. The van der Waals surface area contributed by atoms with Gasteiger partial charge in [0.1, 0.15) is 5.75 Å². The molecule has 1 heteroatoms. The third-order valence-corrected chi connectivity index (χ3v) is 1.81. The van der Waals surface area contributed by atoms with Gasteiger partial charge in [-0.15, -0.1) is 0 Å². The lowest BCUT2D eigenvalue weighted by molar-refractivity contribution is 0.464. The fourth-order valence-electron chi connectivity index (χ4n) is 1.14. The van der Waals surface area contributed by atoms with Crippen LogP contribution in [0.5, 0.6) is 5.75 Å². The molecule has 1 N–H and O–H groups in total. The van der Waals surface area contributed by atoms with E-state index in [2.05, 4.69) is 13.8 Å².